The predicted octanol–water partition coefficient (Wildman–Crippen LogP) is 2.95. The molecule has 3 heterocycles. The van der Waals surface area contributed by atoms with Crippen LogP contribution in [0.4, 0.5) is 0 Å². The first-order valence-corrected chi connectivity index (χ1v) is 9.43. The van der Waals surface area contributed by atoms with Crippen molar-refractivity contribution in [3.8, 4) is 23.0 Å². The molecule has 0 bridgehead atoms. The summed E-state index contributed by atoms with van der Waals surface area (Å²) < 4.78 is 12.3. The molecule has 1 aromatic carbocycles. The van der Waals surface area contributed by atoms with Gasteiger partial charge in [-0.1, -0.05) is 17.3 Å². The molecule has 1 N–H and O–H groups in total. The molecule has 30 heavy (non-hydrogen) atoms. The molecule has 0 spiro atoms. The van der Waals surface area contributed by atoms with E-state index < -0.39 is 0 Å². The molecule has 0 atom stereocenters. The second kappa shape index (κ2) is 8.56. The lowest BCUT2D eigenvalue weighted by Gasteiger charge is -2.06. The van der Waals surface area contributed by atoms with E-state index in [1.807, 2.05) is 31.2 Å². The Balaban J connectivity index is 1.43. The van der Waals surface area contributed by atoms with E-state index in [1.165, 1.54) is 6.33 Å². The van der Waals surface area contributed by atoms with Gasteiger partial charge in [0, 0.05) is 24.5 Å². The Kier molecular flexibility index (Phi) is 5.51. The number of pyridine rings is 1. The maximum Gasteiger partial charge on any atom is 0.271 e. The van der Waals surface area contributed by atoms with Gasteiger partial charge in [-0.15, -0.1) is 0 Å². The molecule has 3 aromatic heterocycles. The Labute approximate surface area is 172 Å². The minimum absolute atomic E-state index is 0.272. The number of hydrogen-bond donors (Lipinski definition) is 1. The van der Waals surface area contributed by atoms with Crippen molar-refractivity contribution < 1.29 is 14.1 Å². The van der Waals surface area contributed by atoms with E-state index in [-0.39, 0.29) is 5.91 Å². The van der Waals surface area contributed by atoms with Crippen LogP contribution in [0.2, 0.25) is 0 Å². The van der Waals surface area contributed by atoms with Gasteiger partial charge in [0.25, 0.3) is 11.8 Å². The summed E-state index contributed by atoms with van der Waals surface area (Å²) in [6, 6.07) is 11.2. The van der Waals surface area contributed by atoms with Crippen LogP contribution in [-0.4, -0.2) is 37.2 Å². The molecule has 4 rings (SSSR count). The van der Waals surface area contributed by atoms with E-state index in [2.05, 4.69) is 25.4 Å². The van der Waals surface area contributed by atoms with Crippen molar-refractivity contribution in [1.29, 1.82) is 0 Å². The Bertz CT molecular complexity index is 1150. The number of hydrogen-bond acceptors (Lipinski definition) is 7. The molecule has 0 saturated heterocycles. The van der Waals surface area contributed by atoms with Crippen LogP contribution in [0.5, 0.6) is 5.75 Å². The third-order valence-electron chi connectivity index (χ3n) is 4.29. The lowest BCUT2D eigenvalue weighted by molar-refractivity contribution is 0.0946. The summed E-state index contributed by atoms with van der Waals surface area (Å²) in [5.74, 6) is 2.08. The summed E-state index contributed by atoms with van der Waals surface area (Å²) in [5.41, 5.74) is 1.99. The van der Waals surface area contributed by atoms with Crippen LogP contribution >= 0.6 is 0 Å². The normalized spacial score (nSPS) is 10.7. The number of nitrogens with one attached hydrogen (secondary N) is 1. The molecule has 0 aliphatic heterocycles. The van der Waals surface area contributed by atoms with Crippen LogP contribution in [0.15, 0.2) is 59.6 Å². The quantitative estimate of drug-likeness (QED) is 0.504. The summed E-state index contributed by atoms with van der Waals surface area (Å²) in [6.45, 7) is 4.70. The van der Waals surface area contributed by atoms with E-state index >= 15 is 0 Å². The molecule has 9 nitrogen and oxygen atoms in total. The highest BCUT2D eigenvalue weighted by Crippen LogP contribution is 2.19. The zero-order valence-corrected chi connectivity index (χ0v) is 16.6. The van der Waals surface area contributed by atoms with Gasteiger partial charge in [0.15, 0.2) is 5.82 Å². The van der Waals surface area contributed by atoms with E-state index in [9.17, 15) is 4.79 Å². The summed E-state index contributed by atoms with van der Waals surface area (Å²) in [4.78, 5) is 25.2. The summed E-state index contributed by atoms with van der Waals surface area (Å²) in [5, 5.41) is 6.66. The maximum atomic E-state index is 12.5. The SMILES string of the molecule is CCOc1ccc(CNC(=O)c2cn(-c3cc(-c4nc(C)no4)ccn3)cn2)cc1. The number of nitrogens with zero attached hydrogens (tertiary/aromatic N) is 5. The Morgan fingerprint density at radius 2 is 2.03 bits per heavy atom. The van der Waals surface area contributed by atoms with Crippen molar-refractivity contribution >= 4 is 5.91 Å². The van der Waals surface area contributed by atoms with Gasteiger partial charge in [-0.3, -0.25) is 9.36 Å². The fraction of sp³-hybridized carbons (Fsp3) is 0.190. The molecule has 4 aromatic rings. The van der Waals surface area contributed by atoms with Gasteiger partial charge in [-0.05, 0) is 43.7 Å². The lowest BCUT2D eigenvalue weighted by atomic mass is 10.2. The topological polar surface area (TPSA) is 108 Å². The Morgan fingerprint density at radius 1 is 1.20 bits per heavy atom. The van der Waals surface area contributed by atoms with Gasteiger partial charge in [0.05, 0.1) is 6.61 Å². The largest absolute Gasteiger partial charge is 0.494 e. The number of aromatic nitrogens is 5. The predicted molar refractivity (Wildman–Crippen MR) is 108 cm³/mol. The molecule has 0 fully saturated rings. The first-order chi connectivity index (χ1) is 14.6. The number of benzene rings is 1. The highest BCUT2D eigenvalue weighted by molar-refractivity contribution is 5.92. The van der Waals surface area contributed by atoms with Gasteiger partial charge in [0.1, 0.15) is 23.6 Å². The molecular weight excluding hydrogens is 384 g/mol. The standard InChI is InChI=1S/C21H20N6O3/c1-3-29-17-6-4-15(5-7-17)11-23-20(28)18-12-27(13-24-18)19-10-16(8-9-22-19)21-25-14(2)26-30-21/h4-10,12-13H,3,11H2,1-2H3,(H,23,28). The van der Waals surface area contributed by atoms with Crippen molar-refractivity contribution in [3.63, 3.8) is 0 Å². The minimum atomic E-state index is -0.272. The molecule has 0 unspecified atom stereocenters. The molecular formula is C21H20N6O3. The van der Waals surface area contributed by atoms with E-state index in [1.54, 1.807) is 36.0 Å². The van der Waals surface area contributed by atoms with Crippen LogP contribution in [-0.2, 0) is 6.54 Å². The molecule has 0 aliphatic carbocycles. The first-order valence-electron chi connectivity index (χ1n) is 9.43. The number of carbonyl (C=O) groups excluding carboxylic acids is 1. The van der Waals surface area contributed by atoms with Crippen molar-refractivity contribution in [2.75, 3.05) is 6.61 Å². The Morgan fingerprint density at radius 3 is 2.77 bits per heavy atom. The molecule has 0 aliphatic rings. The van der Waals surface area contributed by atoms with Crippen molar-refractivity contribution in [2.24, 2.45) is 0 Å². The van der Waals surface area contributed by atoms with Crippen molar-refractivity contribution in [3.05, 3.63) is 72.2 Å². The summed E-state index contributed by atoms with van der Waals surface area (Å²) in [7, 11) is 0. The average Bonchev–Trinajstić information content (AvgIpc) is 3.43. The maximum absolute atomic E-state index is 12.5. The first kappa shape index (κ1) is 19.3. The molecule has 1 amide bonds. The van der Waals surface area contributed by atoms with Gasteiger partial charge in [-0.25, -0.2) is 9.97 Å². The number of rotatable bonds is 7. The molecule has 9 heteroatoms. The highest BCUT2D eigenvalue weighted by atomic mass is 16.5. The monoisotopic (exact) mass is 404 g/mol. The van der Waals surface area contributed by atoms with E-state index in [4.69, 9.17) is 9.26 Å². The number of ether oxygens (including phenoxy) is 1. The molecule has 152 valence electrons. The van der Waals surface area contributed by atoms with Crippen molar-refractivity contribution in [1.82, 2.24) is 30.0 Å². The van der Waals surface area contributed by atoms with Crippen LogP contribution in [0, 0.1) is 6.92 Å². The highest BCUT2D eigenvalue weighted by Gasteiger charge is 2.12. The number of imidazole rings is 1. The smallest absolute Gasteiger partial charge is 0.271 e. The fourth-order valence-corrected chi connectivity index (χ4v) is 2.82. The average molecular weight is 404 g/mol. The second-order valence-electron chi connectivity index (χ2n) is 6.48. The van der Waals surface area contributed by atoms with Gasteiger partial charge in [-0.2, -0.15) is 4.98 Å². The Hall–Kier alpha value is -4.01. The number of amides is 1. The summed E-state index contributed by atoms with van der Waals surface area (Å²) in [6.07, 6.45) is 4.80. The van der Waals surface area contributed by atoms with Gasteiger partial charge >= 0.3 is 0 Å². The third-order valence-corrected chi connectivity index (χ3v) is 4.29. The van der Waals surface area contributed by atoms with E-state index in [0.29, 0.717) is 36.4 Å². The van der Waals surface area contributed by atoms with Gasteiger partial charge < -0.3 is 14.6 Å². The van der Waals surface area contributed by atoms with Crippen LogP contribution in [0.1, 0.15) is 28.8 Å². The van der Waals surface area contributed by atoms with Crippen LogP contribution in [0.3, 0.4) is 0 Å². The zero-order chi connectivity index (χ0) is 20.9. The third kappa shape index (κ3) is 4.35. The van der Waals surface area contributed by atoms with Crippen molar-refractivity contribution in [2.45, 2.75) is 20.4 Å². The van der Waals surface area contributed by atoms with E-state index in [0.717, 1.165) is 16.9 Å². The second-order valence-corrected chi connectivity index (χ2v) is 6.48. The lowest BCUT2D eigenvalue weighted by Crippen LogP contribution is -2.23. The van der Waals surface area contributed by atoms with Crippen LogP contribution in [0.25, 0.3) is 17.3 Å². The molecule has 0 saturated carbocycles. The van der Waals surface area contributed by atoms with Gasteiger partial charge in [0.2, 0.25) is 0 Å². The summed E-state index contributed by atoms with van der Waals surface area (Å²) >= 11 is 0. The number of aryl methyl sites for hydroxylation is 1. The van der Waals surface area contributed by atoms with Crippen LogP contribution < -0.4 is 10.1 Å². The minimum Gasteiger partial charge on any atom is -0.494 e. The molecule has 0 radical (unpaired) electrons. The zero-order valence-electron chi connectivity index (χ0n) is 16.6. The number of carbonyl (C=O) groups is 1. The fourth-order valence-electron chi connectivity index (χ4n) is 2.82.